The molecule has 1 saturated heterocycles. The van der Waals surface area contributed by atoms with Crippen molar-refractivity contribution in [3.8, 4) is 11.6 Å². The highest BCUT2D eigenvalue weighted by molar-refractivity contribution is 5.58. The Hall–Kier alpha value is -3.85. The van der Waals surface area contributed by atoms with Crippen LogP contribution in [0.2, 0.25) is 0 Å². The molecule has 1 aliphatic heterocycles. The Labute approximate surface area is 184 Å². The summed E-state index contributed by atoms with van der Waals surface area (Å²) in [5.74, 6) is 1.30. The molecule has 4 aromatic rings. The second-order valence-electron chi connectivity index (χ2n) is 7.71. The third-order valence-electron chi connectivity index (χ3n) is 5.78. The molecule has 1 N–H and O–H groups in total. The summed E-state index contributed by atoms with van der Waals surface area (Å²) in [6, 6.07) is 12.8. The van der Waals surface area contributed by atoms with Crippen LogP contribution in [0.15, 0.2) is 70.6 Å². The van der Waals surface area contributed by atoms with Crippen molar-refractivity contribution in [3.05, 3.63) is 87.5 Å². The van der Waals surface area contributed by atoms with Crippen LogP contribution in [0.3, 0.4) is 0 Å². The second kappa shape index (κ2) is 8.35. The predicted octanol–water partition coefficient (Wildman–Crippen LogP) is 1.11. The standard InChI is InChI=1S/C23H24N6O3/c1-32-19-4-2-17(3-5-19)16-29-22(30)7-11-28(23(29)31)21-15-25-20-14-18(6-10-27(20)21)26-12-8-24-9-13-26/h2-7,10-11,14-15,24H,8-9,12-13,16H2,1H3. The van der Waals surface area contributed by atoms with Crippen LogP contribution in [-0.2, 0) is 6.54 Å². The number of ether oxygens (including phenoxy) is 1. The van der Waals surface area contributed by atoms with E-state index in [4.69, 9.17) is 4.74 Å². The number of nitrogens with one attached hydrogen (secondary N) is 1. The van der Waals surface area contributed by atoms with Crippen molar-refractivity contribution < 1.29 is 4.74 Å². The number of hydrogen-bond acceptors (Lipinski definition) is 6. The first kappa shape index (κ1) is 20.1. The van der Waals surface area contributed by atoms with E-state index in [9.17, 15) is 9.59 Å². The van der Waals surface area contributed by atoms with Gasteiger partial charge >= 0.3 is 5.69 Å². The van der Waals surface area contributed by atoms with E-state index in [1.807, 2.05) is 47.0 Å². The van der Waals surface area contributed by atoms with Crippen LogP contribution in [-0.4, -0.2) is 51.8 Å². The Morgan fingerprint density at radius 3 is 2.56 bits per heavy atom. The average Bonchev–Trinajstić information content (AvgIpc) is 3.26. The van der Waals surface area contributed by atoms with Crippen LogP contribution in [0.25, 0.3) is 11.5 Å². The van der Waals surface area contributed by atoms with Crippen molar-refractivity contribution in [2.24, 2.45) is 0 Å². The van der Waals surface area contributed by atoms with E-state index in [-0.39, 0.29) is 12.1 Å². The van der Waals surface area contributed by atoms with Crippen molar-refractivity contribution in [3.63, 3.8) is 0 Å². The largest absolute Gasteiger partial charge is 0.497 e. The first-order chi connectivity index (χ1) is 15.6. The maximum Gasteiger partial charge on any atom is 0.337 e. The average molecular weight is 432 g/mol. The summed E-state index contributed by atoms with van der Waals surface area (Å²) in [6.07, 6.45) is 5.07. The summed E-state index contributed by atoms with van der Waals surface area (Å²) < 4.78 is 9.70. The number of fused-ring (bicyclic) bond motifs is 1. The third-order valence-corrected chi connectivity index (χ3v) is 5.78. The maximum absolute atomic E-state index is 13.2. The van der Waals surface area contributed by atoms with Crippen molar-refractivity contribution in [2.45, 2.75) is 6.54 Å². The number of rotatable bonds is 5. The minimum absolute atomic E-state index is 0.173. The van der Waals surface area contributed by atoms with Crippen molar-refractivity contribution in [2.75, 3.05) is 38.2 Å². The summed E-state index contributed by atoms with van der Waals surface area (Å²) >= 11 is 0. The Kier molecular flexibility index (Phi) is 5.24. The fourth-order valence-corrected chi connectivity index (χ4v) is 4.00. The van der Waals surface area contributed by atoms with Gasteiger partial charge < -0.3 is 15.0 Å². The molecule has 1 aliphatic rings. The predicted molar refractivity (Wildman–Crippen MR) is 122 cm³/mol. The zero-order valence-corrected chi connectivity index (χ0v) is 17.8. The van der Waals surface area contributed by atoms with E-state index in [1.165, 1.54) is 21.4 Å². The first-order valence-corrected chi connectivity index (χ1v) is 10.5. The van der Waals surface area contributed by atoms with Crippen LogP contribution in [0.1, 0.15) is 5.56 Å². The number of piperazine rings is 1. The van der Waals surface area contributed by atoms with E-state index in [0.29, 0.717) is 5.82 Å². The molecule has 0 saturated carbocycles. The third kappa shape index (κ3) is 3.67. The quantitative estimate of drug-likeness (QED) is 0.509. The Morgan fingerprint density at radius 1 is 1.03 bits per heavy atom. The van der Waals surface area contributed by atoms with E-state index in [0.717, 1.165) is 48.8 Å². The minimum Gasteiger partial charge on any atom is -0.497 e. The number of aromatic nitrogens is 4. The van der Waals surface area contributed by atoms with Gasteiger partial charge in [-0.25, -0.2) is 9.78 Å². The van der Waals surface area contributed by atoms with Gasteiger partial charge in [0.1, 0.15) is 17.2 Å². The van der Waals surface area contributed by atoms with Crippen LogP contribution < -0.4 is 26.2 Å². The number of methoxy groups -OCH3 is 1. The molecule has 1 fully saturated rings. The van der Waals surface area contributed by atoms with Gasteiger partial charge in [0.2, 0.25) is 0 Å². The molecule has 5 rings (SSSR count). The smallest absolute Gasteiger partial charge is 0.337 e. The fraction of sp³-hybridized carbons (Fsp3) is 0.261. The van der Waals surface area contributed by atoms with Gasteiger partial charge in [-0.2, -0.15) is 0 Å². The first-order valence-electron chi connectivity index (χ1n) is 10.5. The molecule has 0 bridgehead atoms. The van der Waals surface area contributed by atoms with Gasteiger partial charge in [-0.05, 0) is 23.8 Å². The number of anilines is 1. The van der Waals surface area contributed by atoms with Crippen LogP contribution in [0.5, 0.6) is 5.75 Å². The van der Waals surface area contributed by atoms with Crippen molar-refractivity contribution >= 4 is 11.3 Å². The van der Waals surface area contributed by atoms with Gasteiger partial charge in [0.15, 0.2) is 0 Å². The normalized spacial score (nSPS) is 14.1. The summed E-state index contributed by atoms with van der Waals surface area (Å²) in [7, 11) is 1.60. The lowest BCUT2D eigenvalue weighted by Crippen LogP contribution is -2.43. The Morgan fingerprint density at radius 2 is 1.81 bits per heavy atom. The number of imidazole rings is 1. The SMILES string of the molecule is COc1ccc(Cn2c(=O)ccn(-c3cnc4cc(N5CCNCC5)ccn34)c2=O)cc1. The highest BCUT2D eigenvalue weighted by atomic mass is 16.5. The fourth-order valence-electron chi connectivity index (χ4n) is 4.00. The molecular formula is C23H24N6O3. The highest BCUT2D eigenvalue weighted by Gasteiger charge is 2.15. The van der Waals surface area contributed by atoms with Gasteiger partial charge in [-0.3, -0.25) is 18.3 Å². The summed E-state index contributed by atoms with van der Waals surface area (Å²) in [5, 5.41) is 3.35. The molecular weight excluding hydrogens is 408 g/mol. The van der Waals surface area contributed by atoms with E-state index >= 15 is 0 Å². The topological polar surface area (TPSA) is 85.8 Å². The van der Waals surface area contributed by atoms with Crippen molar-refractivity contribution in [1.29, 1.82) is 0 Å². The zero-order valence-electron chi connectivity index (χ0n) is 17.8. The molecule has 0 spiro atoms. The van der Waals surface area contributed by atoms with Crippen molar-refractivity contribution in [1.82, 2.24) is 23.8 Å². The van der Waals surface area contributed by atoms with Gasteiger partial charge in [-0.15, -0.1) is 0 Å². The van der Waals surface area contributed by atoms with Gasteiger partial charge in [0, 0.05) is 56.4 Å². The Balaban J connectivity index is 1.51. The van der Waals surface area contributed by atoms with Crippen LogP contribution in [0.4, 0.5) is 5.69 Å². The molecule has 4 heterocycles. The molecule has 32 heavy (non-hydrogen) atoms. The molecule has 164 valence electrons. The molecule has 9 heteroatoms. The summed E-state index contributed by atoms with van der Waals surface area (Å²) in [4.78, 5) is 32.5. The number of nitrogens with zero attached hydrogens (tertiary/aromatic N) is 5. The highest BCUT2D eigenvalue weighted by Crippen LogP contribution is 2.19. The maximum atomic E-state index is 13.2. The molecule has 9 nitrogen and oxygen atoms in total. The Bertz CT molecular complexity index is 1360. The molecule has 0 aliphatic carbocycles. The van der Waals surface area contributed by atoms with E-state index in [1.54, 1.807) is 13.3 Å². The molecule has 3 aromatic heterocycles. The summed E-state index contributed by atoms with van der Waals surface area (Å²) in [5.41, 5.74) is 1.92. The lowest BCUT2D eigenvalue weighted by molar-refractivity contribution is 0.414. The monoisotopic (exact) mass is 432 g/mol. The van der Waals surface area contributed by atoms with Gasteiger partial charge in [0.05, 0.1) is 19.9 Å². The van der Waals surface area contributed by atoms with Crippen LogP contribution in [0, 0.1) is 0 Å². The number of benzene rings is 1. The summed E-state index contributed by atoms with van der Waals surface area (Å²) in [6.45, 7) is 3.97. The zero-order chi connectivity index (χ0) is 22.1. The number of hydrogen-bond donors (Lipinski definition) is 1. The van der Waals surface area contributed by atoms with Gasteiger partial charge in [-0.1, -0.05) is 12.1 Å². The molecule has 0 unspecified atom stereocenters. The second-order valence-corrected chi connectivity index (χ2v) is 7.71. The lowest BCUT2D eigenvalue weighted by Gasteiger charge is -2.29. The minimum atomic E-state index is -0.415. The van der Waals surface area contributed by atoms with Gasteiger partial charge in [0.25, 0.3) is 5.56 Å². The van der Waals surface area contributed by atoms with E-state index < -0.39 is 5.69 Å². The van der Waals surface area contributed by atoms with Crippen LogP contribution >= 0.6 is 0 Å². The lowest BCUT2D eigenvalue weighted by atomic mass is 10.2. The molecule has 0 radical (unpaired) electrons. The van der Waals surface area contributed by atoms with E-state index in [2.05, 4.69) is 15.2 Å². The molecule has 0 amide bonds. The molecule has 1 aromatic carbocycles. The number of pyridine rings is 1. The molecule has 0 atom stereocenters.